The third-order valence-electron chi connectivity index (χ3n) is 6.97. The number of likely N-dealkylation sites (N-methyl/N-ethyl adjacent to an activating group) is 1. The standard InChI is InChI=1S/C25H24F3N5O4/c1-13-19(20(25(26,27)28)32(2)31-13)14-4-7-16(8-5-14)24(22(35)29-23(36)30-24)12-33-11-15-6-9-17(37-3)10-18(15)21(33)34/h4-10,20,31H,11-12H2,1-3H3,(H2,29,30,35,36)/t20?,24-/m0/s1. The summed E-state index contributed by atoms with van der Waals surface area (Å²) >= 11 is 0. The summed E-state index contributed by atoms with van der Waals surface area (Å²) in [6, 6.07) is 8.52. The quantitative estimate of drug-likeness (QED) is 0.529. The molecule has 1 saturated heterocycles. The van der Waals surface area contributed by atoms with E-state index >= 15 is 0 Å². The minimum absolute atomic E-state index is 0.0645. The van der Waals surface area contributed by atoms with Gasteiger partial charge in [0.2, 0.25) is 0 Å². The molecule has 0 bridgehead atoms. The van der Waals surface area contributed by atoms with E-state index in [4.69, 9.17) is 4.74 Å². The van der Waals surface area contributed by atoms with Gasteiger partial charge >= 0.3 is 12.2 Å². The van der Waals surface area contributed by atoms with Gasteiger partial charge in [0.1, 0.15) is 5.75 Å². The number of urea groups is 1. The Bertz CT molecular complexity index is 1340. The van der Waals surface area contributed by atoms with Crippen molar-refractivity contribution in [2.24, 2.45) is 0 Å². The molecular weight excluding hydrogens is 491 g/mol. The summed E-state index contributed by atoms with van der Waals surface area (Å²) < 4.78 is 46.5. The zero-order valence-corrected chi connectivity index (χ0v) is 20.2. The van der Waals surface area contributed by atoms with Gasteiger partial charge in [-0.2, -0.15) is 13.2 Å². The Hall–Kier alpha value is -4.06. The van der Waals surface area contributed by atoms with E-state index in [9.17, 15) is 27.6 Å². The number of ether oxygens (including phenoxy) is 1. The van der Waals surface area contributed by atoms with Gasteiger partial charge in [-0.1, -0.05) is 30.3 Å². The second kappa shape index (κ2) is 8.51. The van der Waals surface area contributed by atoms with Gasteiger partial charge < -0.3 is 20.4 Å². The molecule has 3 N–H and O–H groups in total. The lowest BCUT2D eigenvalue weighted by Crippen LogP contribution is -2.52. The first-order valence-corrected chi connectivity index (χ1v) is 11.4. The van der Waals surface area contributed by atoms with Crippen LogP contribution in [0.4, 0.5) is 18.0 Å². The Morgan fingerprint density at radius 1 is 1.11 bits per heavy atom. The third kappa shape index (κ3) is 3.97. The van der Waals surface area contributed by atoms with Crippen molar-refractivity contribution in [1.82, 2.24) is 26.0 Å². The summed E-state index contributed by atoms with van der Waals surface area (Å²) in [5, 5.41) is 5.86. The highest BCUT2D eigenvalue weighted by atomic mass is 19.4. The number of carbonyl (C=O) groups excluding carboxylic acids is 3. The molecule has 3 heterocycles. The minimum atomic E-state index is -4.51. The lowest BCUT2D eigenvalue weighted by Gasteiger charge is -2.31. The van der Waals surface area contributed by atoms with Crippen LogP contribution in [-0.4, -0.2) is 60.7 Å². The number of halogens is 3. The number of imide groups is 1. The number of methoxy groups -OCH3 is 1. The number of nitrogens with zero attached hydrogens (tertiary/aromatic N) is 2. The first-order valence-electron chi connectivity index (χ1n) is 11.4. The van der Waals surface area contributed by atoms with E-state index in [0.29, 0.717) is 28.1 Å². The largest absolute Gasteiger partial charge is 0.497 e. The Labute approximate surface area is 210 Å². The maximum absolute atomic E-state index is 13.8. The molecule has 1 fully saturated rings. The molecule has 37 heavy (non-hydrogen) atoms. The highest BCUT2D eigenvalue weighted by Crippen LogP contribution is 2.40. The fraction of sp³-hybridized carbons (Fsp3) is 0.320. The zero-order valence-electron chi connectivity index (χ0n) is 20.2. The van der Waals surface area contributed by atoms with Gasteiger partial charge in [0, 0.05) is 30.4 Å². The van der Waals surface area contributed by atoms with Crippen molar-refractivity contribution in [3.8, 4) is 5.75 Å². The average molecular weight is 515 g/mol. The van der Waals surface area contributed by atoms with Crippen molar-refractivity contribution in [2.45, 2.75) is 31.2 Å². The van der Waals surface area contributed by atoms with Gasteiger partial charge in [0.05, 0.1) is 13.7 Å². The number of hydrogen-bond donors (Lipinski definition) is 3. The van der Waals surface area contributed by atoms with Crippen molar-refractivity contribution < 1.29 is 32.3 Å². The van der Waals surface area contributed by atoms with E-state index in [0.717, 1.165) is 10.6 Å². The van der Waals surface area contributed by atoms with Gasteiger partial charge in [-0.25, -0.2) is 9.80 Å². The monoisotopic (exact) mass is 515 g/mol. The van der Waals surface area contributed by atoms with Gasteiger partial charge in [-0.15, -0.1) is 0 Å². The lowest BCUT2D eigenvalue weighted by atomic mass is 9.87. The molecule has 9 nitrogen and oxygen atoms in total. The van der Waals surface area contributed by atoms with Crippen molar-refractivity contribution in [3.63, 3.8) is 0 Å². The molecule has 2 aromatic rings. The predicted octanol–water partition coefficient (Wildman–Crippen LogP) is 2.50. The summed E-state index contributed by atoms with van der Waals surface area (Å²) in [4.78, 5) is 39.9. The van der Waals surface area contributed by atoms with E-state index in [1.807, 2.05) is 0 Å². The van der Waals surface area contributed by atoms with Gasteiger partial charge in [-0.3, -0.25) is 14.9 Å². The number of alkyl halides is 3. The summed E-state index contributed by atoms with van der Waals surface area (Å²) in [6.07, 6.45) is -4.51. The molecule has 3 aliphatic heterocycles. The lowest BCUT2D eigenvalue weighted by molar-refractivity contribution is -0.165. The normalized spacial score (nSPS) is 23.8. The van der Waals surface area contributed by atoms with Crippen LogP contribution in [0.25, 0.3) is 5.57 Å². The number of benzene rings is 2. The molecular formula is C25H24F3N5O4. The van der Waals surface area contributed by atoms with Gasteiger partial charge in [0.25, 0.3) is 11.8 Å². The van der Waals surface area contributed by atoms with Crippen LogP contribution in [-0.2, 0) is 16.9 Å². The molecule has 0 aromatic heterocycles. The van der Waals surface area contributed by atoms with Crippen LogP contribution >= 0.6 is 0 Å². The maximum Gasteiger partial charge on any atom is 0.409 e. The van der Waals surface area contributed by atoms with Crippen LogP contribution in [0.1, 0.15) is 34.0 Å². The first-order chi connectivity index (χ1) is 17.4. The molecule has 0 aliphatic carbocycles. The van der Waals surface area contributed by atoms with Gasteiger partial charge in [0.15, 0.2) is 11.6 Å². The van der Waals surface area contributed by atoms with Crippen molar-refractivity contribution in [3.05, 3.63) is 70.4 Å². The number of carbonyl (C=O) groups is 3. The average Bonchev–Trinajstić information content (AvgIpc) is 3.43. The van der Waals surface area contributed by atoms with Crippen LogP contribution in [0, 0.1) is 0 Å². The smallest absolute Gasteiger partial charge is 0.409 e. The minimum Gasteiger partial charge on any atom is -0.497 e. The molecule has 194 valence electrons. The third-order valence-corrected chi connectivity index (χ3v) is 6.97. The molecule has 0 saturated carbocycles. The van der Waals surface area contributed by atoms with Crippen LogP contribution in [0.15, 0.2) is 48.2 Å². The molecule has 12 heteroatoms. The van der Waals surface area contributed by atoms with Crippen LogP contribution in [0.2, 0.25) is 0 Å². The van der Waals surface area contributed by atoms with E-state index in [-0.39, 0.29) is 24.6 Å². The predicted molar refractivity (Wildman–Crippen MR) is 126 cm³/mol. The molecule has 0 radical (unpaired) electrons. The second-order valence-electron chi connectivity index (χ2n) is 9.28. The van der Waals surface area contributed by atoms with Crippen LogP contribution in [0.3, 0.4) is 0 Å². The highest BCUT2D eigenvalue weighted by Gasteiger charge is 2.51. The van der Waals surface area contributed by atoms with E-state index in [1.165, 1.54) is 43.3 Å². The maximum atomic E-state index is 13.8. The molecule has 1 unspecified atom stereocenters. The number of allylic oxidation sites excluding steroid dienone is 1. The fourth-order valence-electron chi connectivity index (χ4n) is 5.26. The summed E-state index contributed by atoms with van der Waals surface area (Å²) in [7, 11) is 2.81. The number of nitrogens with one attached hydrogen (secondary N) is 3. The molecule has 5 rings (SSSR count). The SMILES string of the molecule is COc1ccc2c(c1)C(=O)N(C[C@@]1(c3ccc(C4=C(C)NN(C)C4C(F)(F)F)cc3)NC(=O)NC1=O)C2. The van der Waals surface area contributed by atoms with Crippen molar-refractivity contribution >= 4 is 23.4 Å². The Morgan fingerprint density at radius 3 is 2.41 bits per heavy atom. The number of rotatable bonds is 5. The Balaban J connectivity index is 1.48. The fourth-order valence-corrected chi connectivity index (χ4v) is 5.26. The number of hydrazine groups is 1. The van der Waals surface area contributed by atoms with Crippen LogP contribution < -0.4 is 20.8 Å². The van der Waals surface area contributed by atoms with E-state index in [2.05, 4.69) is 16.1 Å². The molecule has 4 amide bonds. The highest BCUT2D eigenvalue weighted by molar-refractivity contribution is 6.08. The van der Waals surface area contributed by atoms with E-state index < -0.39 is 29.7 Å². The molecule has 0 spiro atoms. The molecule has 2 aromatic carbocycles. The molecule has 2 atom stereocenters. The summed E-state index contributed by atoms with van der Waals surface area (Å²) in [6.45, 7) is 1.61. The van der Waals surface area contributed by atoms with Crippen LogP contribution in [0.5, 0.6) is 5.75 Å². The van der Waals surface area contributed by atoms with Crippen molar-refractivity contribution in [1.29, 1.82) is 0 Å². The van der Waals surface area contributed by atoms with Gasteiger partial charge in [-0.05, 0) is 35.7 Å². The zero-order chi connectivity index (χ0) is 26.7. The Morgan fingerprint density at radius 2 is 1.81 bits per heavy atom. The number of amides is 4. The second-order valence-corrected chi connectivity index (χ2v) is 9.28. The Kier molecular flexibility index (Phi) is 5.66. The topological polar surface area (TPSA) is 103 Å². The summed E-state index contributed by atoms with van der Waals surface area (Å²) in [5.41, 5.74) is 3.35. The summed E-state index contributed by atoms with van der Waals surface area (Å²) in [5.74, 6) is -0.468. The molecule has 3 aliphatic rings. The van der Waals surface area contributed by atoms with Crippen molar-refractivity contribution in [2.75, 3.05) is 20.7 Å². The number of hydrogen-bond acceptors (Lipinski definition) is 6. The first kappa shape index (κ1) is 24.6. The number of fused-ring (bicyclic) bond motifs is 1. The van der Waals surface area contributed by atoms with E-state index in [1.54, 1.807) is 25.1 Å².